The van der Waals surface area contributed by atoms with Crippen LogP contribution in [-0.4, -0.2) is 59.8 Å². The summed E-state index contributed by atoms with van der Waals surface area (Å²) in [5.41, 5.74) is 4.05. The van der Waals surface area contributed by atoms with E-state index in [0.717, 1.165) is 16.7 Å². The first-order chi connectivity index (χ1) is 14.8. The van der Waals surface area contributed by atoms with Gasteiger partial charge in [-0.25, -0.2) is 9.36 Å². The van der Waals surface area contributed by atoms with Crippen LogP contribution in [-0.2, 0) is 27.3 Å². The van der Waals surface area contributed by atoms with Gasteiger partial charge >= 0.3 is 13.9 Å². The number of carbonyl (C=O) groups excluding carboxylic acids is 1. The second kappa shape index (κ2) is 7.20. The molecule has 4 heterocycles. The normalized spacial score (nSPS) is 20.0. The van der Waals surface area contributed by atoms with Crippen LogP contribution >= 0.6 is 7.82 Å². The minimum absolute atomic E-state index is 0.375. The average molecular weight is 444 g/mol. The van der Waals surface area contributed by atoms with Crippen molar-refractivity contribution in [1.82, 2.24) is 25.2 Å². The molecule has 31 heavy (non-hydrogen) atoms. The number of nitrogens with zero attached hydrogens (tertiary/aromatic N) is 6. The number of ether oxygens (including phenoxy) is 1. The van der Waals surface area contributed by atoms with Gasteiger partial charge in [-0.1, -0.05) is 12.1 Å². The minimum atomic E-state index is -4.65. The van der Waals surface area contributed by atoms with Crippen LogP contribution in [0.15, 0.2) is 36.5 Å². The van der Waals surface area contributed by atoms with Crippen LogP contribution in [0.3, 0.4) is 0 Å². The van der Waals surface area contributed by atoms with Gasteiger partial charge < -0.3 is 14.5 Å². The monoisotopic (exact) mass is 444 g/mol. The summed E-state index contributed by atoms with van der Waals surface area (Å²) in [6, 6.07) is 9.01. The van der Waals surface area contributed by atoms with Crippen molar-refractivity contribution < 1.29 is 28.4 Å². The Kier molecular flexibility index (Phi) is 4.59. The summed E-state index contributed by atoms with van der Waals surface area (Å²) in [7, 11) is -2.97. The molecule has 5 rings (SSSR count). The molecule has 0 saturated carbocycles. The number of pyridine rings is 1. The summed E-state index contributed by atoms with van der Waals surface area (Å²) in [6.45, 7) is -0.375. The standard InChI is InChI=1S/C18H17N6O6P/c1-23-21-17(20-22-23)13-4-2-11(8-19-13)10-3-5-14-12(6-10)7-15-16(9-29-31(26,27)28)30-18(25)24(14)15/h2-6,8,15-16H,7,9H2,1H3,(H2,26,27,28). The highest BCUT2D eigenvalue weighted by Gasteiger charge is 2.48. The van der Waals surface area contributed by atoms with Crippen LogP contribution in [0.4, 0.5) is 10.5 Å². The van der Waals surface area contributed by atoms with Gasteiger partial charge in [0.15, 0.2) is 0 Å². The van der Waals surface area contributed by atoms with Crippen LogP contribution in [0.1, 0.15) is 5.56 Å². The number of hydrogen-bond donors (Lipinski definition) is 2. The fraction of sp³-hybridized carbons (Fsp3) is 0.278. The largest absolute Gasteiger partial charge is 0.469 e. The van der Waals surface area contributed by atoms with Crippen molar-refractivity contribution in [3.63, 3.8) is 0 Å². The Morgan fingerprint density at radius 3 is 2.74 bits per heavy atom. The summed E-state index contributed by atoms with van der Waals surface area (Å²) >= 11 is 0. The lowest BCUT2D eigenvalue weighted by Gasteiger charge is -2.16. The predicted octanol–water partition coefficient (Wildman–Crippen LogP) is 1.30. The molecule has 0 bridgehead atoms. The van der Waals surface area contributed by atoms with Gasteiger partial charge in [-0.05, 0) is 41.0 Å². The van der Waals surface area contributed by atoms with Gasteiger partial charge in [0, 0.05) is 11.8 Å². The molecule has 0 aliphatic carbocycles. The van der Waals surface area contributed by atoms with Gasteiger partial charge in [-0.3, -0.25) is 14.4 Å². The molecule has 3 aromatic rings. The van der Waals surface area contributed by atoms with E-state index in [0.29, 0.717) is 23.6 Å². The molecule has 1 saturated heterocycles. The van der Waals surface area contributed by atoms with E-state index in [1.54, 1.807) is 13.2 Å². The summed E-state index contributed by atoms with van der Waals surface area (Å²) in [6.07, 6.45) is 0.878. The van der Waals surface area contributed by atoms with Crippen LogP contribution in [0.5, 0.6) is 0 Å². The number of carbonyl (C=O) groups is 1. The molecular weight excluding hydrogens is 427 g/mol. The molecule has 160 valence electrons. The number of fused-ring (bicyclic) bond motifs is 3. The first kappa shape index (κ1) is 19.8. The molecule has 1 aromatic carbocycles. The number of benzene rings is 1. The van der Waals surface area contributed by atoms with Gasteiger partial charge in [0.1, 0.15) is 11.8 Å². The van der Waals surface area contributed by atoms with E-state index in [2.05, 4.69) is 24.9 Å². The molecule has 13 heteroatoms. The van der Waals surface area contributed by atoms with Crippen molar-refractivity contribution >= 4 is 19.6 Å². The average Bonchev–Trinajstić information content (AvgIpc) is 3.41. The zero-order chi connectivity index (χ0) is 21.8. The predicted molar refractivity (Wildman–Crippen MR) is 106 cm³/mol. The quantitative estimate of drug-likeness (QED) is 0.551. The third kappa shape index (κ3) is 3.70. The summed E-state index contributed by atoms with van der Waals surface area (Å²) in [5.74, 6) is 0.436. The van der Waals surface area contributed by atoms with E-state index in [1.165, 1.54) is 9.70 Å². The summed E-state index contributed by atoms with van der Waals surface area (Å²) < 4.78 is 20.8. The van der Waals surface area contributed by atoms with Crippen LogP contribution in [0.25, 0.3) is 22.6 Å². The molecule has 2 atom stereocenters. The summed E-state index contributed by atoms with van der Waals surface area (Å²) in [4.78, 5) is 37.4. The topological polar surface area (TPSA) is 153 Å². The zero-order valence-corrected chi connectivity index (χ0v) is 17.1. The second-order valence-corrected chi connectivity index (χ2v) is 8.47. The van der Waals surface area contributed by atoms with E-state index >= 15 is 0 Å². The fourth-order valence-corrected chi connectivity index (χ4v) is 4.20. The van der Waals surface area contributed by atoms with E-state index in [-0.39, 0.29) is 12.6 Å². The Balaban J connectivity index is 1.37. The number of cyclic esters (lactones) is 1. The molecule has 0 spiro atoms. The van der Waals surface area contributed by atoms with E-state index in [4.69, 9.17) is 14.5 Å². The first-order valence-electron chi connectivity index (χ1n) is 9.32. The fourth-order valence-electron chi connectivity index (χ4n) is 3.85. The third-order valence-electron chi connectivity index (χ3n) is 5.22. The van der Waals surface area contributed by atoms with Crippen molar-refractivity contribution in [3.8, 4) is 22.6 Å². The van der Waals surface area contributed by atoms with Crippen molar-refractivity contribution in [1.29, 1.82) is 0 Å². The maximum Gasteiger partial charge on any atom is 0.469 e. The van der Waals surface area contributed by atoms with Crippen LogP contribution in [0, 0.1) is 0 Å². The number of hydrogen-bond acceptors (Lipinski definition) is 8. The lowest BCUT2D eigenvalue weighted by molar-refractivity contribution is 0.0761. The lowest BCUT2D eigenvalue weighted by Crippen LogP contribution is -2.35. The second-order valence-electron chi connectivity index (χ2n) is 7.23. The van der Waals surface area contributed by atoms with Gasteiger partial charge in [0.2, 0.25) is 5.82 Å². The Bertz CT molecular complexity index is 1210. The van der Waals surface area contributed by atoms with Crippen LogP contribution < -0.4 is 4.90 Å². The highest BCUT2D eigenvalue weighted by Crippen LogP contribution is 2.42. The Labute approximate surface area is 175 Å². The Morgan fingerprint density at radius 2 is 2.06 bits per heavy atom. The number of phosphoric ester groups is 1. The number of aryl methyl sites for hydroxylation is 1. The molecule has 12 nitrogen and oxygen atoms in total. The molecule has 1 amide bonds. The third-order valence-corrected chi connectivity index (χ3v) is 5.70. The van der Waals surface area contributed by atoms with E-state index < -0.39 is 20.0 Å². The molecule has 2 aliphatic rings. The van der Waals surface area contributed by atoms with Gasteiger partial charge in [-0.2, -0.15) is 4.80 Å². The van der Waals surface area contributed by atoms with Gasteiger partial charge in [0.05, 0.1) is 25.4 Å². The van der Waals surface area contributed by atoms with Crippen LogP contribution in [0.2, 0.25) is 0 Å². The number of amides is 1. The van der Waals surface area contributed by atoms with Gasteiger partial charge in [0.25, 0.3) is 0 Å². The van der Waals surface area contributed by atoms with Crippen molar-refractivity contribution in [3.05, 3.63) is 42.1 Å². The molecule has 0 radical (unpaired) electrons. The lowest BCUT2D eigenvalue weighted by atomic mass is 10.0. The molecular formula is C18H17N6O6P. The number of tetrazole rings is 1. The smallest absolute Gasteiger partial charge is 0.441 e. The van der Waals surface area contributed by atoms with Crippen molar-refractivity contribution in [2.24, 2.45) is 7.05 Å². The molecule has 2 unspecified atom stereocenters. The molecule has 1 fully saturated rings. The van der Waals surface area contributed by atoms with Crippen molar-refractivity contribution in [2.75, 3.05) is 11.5 Å². The molecule has 2 aromatic heterocycles. The Hall–Kier alpha value is -3.18. The maximum absolute atomic E-state index is 12.3. The SMILES string of the molecule is Cn1nnc(-c2ccc(-c3ccc4c(c3)CC3C(COP(=O)(O)O)OC(=O)N43)cn2)n1. The Morgan fingerprint density at radius 1 is 1.26 bits per heavy atom. The summed E-state index contributed by atoms with van der Waals surface area (Å²) in [5, 5.41) is 11.9. The molecule has 2 aliphatic heterocycles. The number of anilines is 1. The highest BCUT2D eigenvalue weighted by molar-refractivity contribution is 7.46. The van der Waals surface area contributed by atoms with Gasteiger partial charge in [-0.15, -0.1) is 10.2 Å². The van der Waals surface area contributed by atoms with E-state index in [1.807, 2.05) is 30.3 Å². The number of aromatic nitrogens is 5. The first-order valence-corrected chi connectivity index (χ1v) is 10.9. The minimum Gasteiger partial charge on any atom is -0.441 e. The molecule has 2 N–H and O–H groups in total. The number of rotatable bonds is 5. The van der Waals surface area contributed by atoms with E-state index in [9.17, 15) is 9.36 Å². The maximum atomic E-state index is 12.3. The highest BCUT2D eigenvalue weighted by atomic mass is 31.2. The van der Waals surface area contributed by atoms with Crippen molar-refractivity contribution in [2.45, 2.75) is 18.6 Å². The zero-order valence-electron chi connectivity index (χ0n) is 16.2. The number of phosphoric acid groups is 1.